The maximum Gasteiger partial charge on any atom is 0.416 e. The lowest BCUT2D eigenvalue weighted by Gasteiger charge is -2.14. The molecule has 0 saturated carbocycles. The molecule has 2 aromatic carbocycles. The summed E-state index contributed by atoms with van der Waals surface area (Å²) in [4.78, 5) is 0. The second-order valence-corrected chi connectivity index (χ2v) is 4.26. The Bertz CT molecular complexity index is 535. The fourth-order valence-electron chi connectivity index (χ4n) is 1.68. The molecule has 106 valence electrons. The molecule has 2 rings (SSSR count). The van der Waals surface area contributed by atoms with Crippen molar-refractivity contribution in [2.45, 2.75) is 12.3 Å². The van der Waals surface area contributed by atoms with Crippen molar-refractivity contribution in [1.29, 1.82) is 0 Å². The Kier molecular flexibility index (Phi) is 4.29. The minimum Gasteiger partial charge on any atom is -0.491 e. The molecule has 0 aliphatic rings. The molecule has 0 fully saturated rings. The molecule has 2 aromatic rings. The molecule has 1 atom stereocenters. The van der Waals surface area contributed by atoms with E-state index in [0.29, 0.717) is 11.3 Å². The highest BCUT2D eigenvalue weighted by molar-refractivity contribution is 5.26. The lowest BCUT2D eigenvalue weighted by molar-refractivity contribution is -0.137. The van der Waals surface area contributed by atoms with Crippen molar-refractivity contribution in [2.75, 3.05) is 6.61 Å². The van der Waals surface area contributed by atoms with Crippen LogP contribution >= 0.6 is 0 Å². The fourth-order valence-corrected chi connectivity index (χ4v) is 1.68. The number of rotatable bonds is 4. The number of hydrogen-bond donors (Lipinski definition) is 1. The second-order valence-electron chi connectivity index (χ2n) is 4.26. The monoisotopic (exact) mass is 282 g/mol. The molecule has 5 heteroatoms. The van der Waals surface area contributed by atoms with Crippen LogP contribution in [0, 0.1) is 0 Å². The zero-order chi connectivity index (χ0) is 14.6. The summed E-state index contributed by atoms with van der Waals surface area (Å²) in [6.07, 6.45) is -5.35. The summed E-state index contributed by atoms with van der Waals surface area (Å²) in [5.41, 5.74) is -0.355. The lowest BCUT2D eigenvalue weighted by Crippen LogP contribution is -2.10. The SMILES string of the molecule is OC(COc1ccccc1)c1ccc(C(F)(F)F)cc1. The number of benzene rings is 2. The van der Waals surface area contributed by atoms with Gasteiger partial charge in [-0.05, 0) is 29.8 Å². The Morgan fingerprint density at radius 2 is 1.55 bits per heavy atom. The highest BCUT2D eigenvalue weighted by Gasteiger charge is 2.30. The van der Waals surface area contributed by atoms with E-state index in [1.807, 2.05) is 6.07 Å². The molecule has 0 bridgehead atoms. The lowest BCUT2D eigenvalue weighted by atomic mass is 10.1. The topological polar surface area (TPSA) is 29.5 Å². The third-order valence-corrected chi connectivity index (χ3v) is 2.77. The first-order chi connectivity index (χ1) is 9.47. The van der Waals surface area contributed by atoms with Crippen LogP contribution in [0.4, 0.5) is 13.2 Å². The predicted octanol–water partition coefficient (Wildman–Crippen LogP) is 3.82. The van der Waals surface area contributed by atoms with Gasteiger partial charge in [-0.1, -0.05) is 30.3 Å². The summed E-state index contributed by atoms with van der Waals surface area (Å²) in [7, 11) is 0. The highest BCUT2D eigenvalue weighted by atomic mass is 19.4. The van der Waals surface area contributed by atoms with Crippen molar-refractivity contribution in [3.8, 4) is 5.75 Å². The van der Waals surface area contributed by atoms with E-state index in [-0.39, 0.29) is 6.61 Å². The van der Waals surface area contributed by atoms with E-state index in [9.17, 15) is 18.3 Å². The van der Waals surface area contributed by atoms with Crippen LogP contribution in [0.2, 0.25) is 0 Å². The Labute approximate surface area is 114 Å². The van der Waals surface area contributed by atoms with Gasteiger partial charge in [-0.15, -0.1) is 0 Å². The average molecular weight is 282 g/mol. The minimum absolute atomic E-state index is 0.0185. The van der Waals surface area contributed by atoms with Crippen molar-refractivity contribution in [1.82, 2.24) is 0 Å². The zero-order valence-corrected chi connectivity index (χ0v) is 10.5. The number of aliphatic hydroxyl groups is 1. The van der Waals surface area contributed by atoms with Crippen molar-refractivity contribution in [3.05, 3.63) is 65.7 Å². The Hall–Kier alpha value is -2.01. The van der Waals surface area contributed by atoms with Crippen molar-refractivity contribution < 1.29 is 23.0 Å². The zero-order valence-electron chi connectivity index (χ0n) is 10.5. The fraction of sp³-hybridized carbons (Fsp3) is 0.200. The third kappa shape index (κ3) is 3.74. The molecule has 0 saturated heterocycles. The summed E-state index contributed by atoms with van der Waals surface area (Å²) in [6, 6.07) is 13.3. The number of aliphatic hydroxyl groups excluding tert-OH is 1. The van der Waals surface area contributed by atoms with Crippen LogP contribution in [0.3, 0.4) is 0 Å². The molecule has 2 nitrogen and oxygen atoms in total. The van der Waals surface area contributed by atoms with Gasteiger partial charge in [-0.2, -0.15) is 13.2 Å². The van der Waals surface area contributed by atoms with Crippen molar-refractivity contribution >= 4 is 0 Å². The summed E-state index contributed by atoms with van der Waals surface area (Å²) in [6.45, 7) is -0.0185. The van der Waals surface area contributed by atoms with Crippen LogP contribution in [0.15, 0.2) is 54.6 Å². The molecule has 1 N–H and O–H groups in total. The molecule has 0 aliphatic heterocycles. The van der Waals surface area contributed by atoms with Gasteiger partial charge >= 0.3 is 6.18 Å². The van der Waals surface area contributed by atoms with E-state index in [2.05, 4.69) is 0 Å². The number of halogens is 3. The Balaban J connectivity index is 1.97. The largest absolute Gasteiger partial charge is 0.491 e. The molecule has 0 amide bonds. The van der Waals surface area contributed by atoms with E-state index in [4.69, 9.17) is 4.74 Å². The first-order valence-corrected chi connectivity index (χ1v) is 6.00. The van der Waals surface area contributed by atoms with Crippen LogP contribution in [0.25, 0.3) is 0 Å². The van der Waals surface area contributed by atoms with Crippen LogP contribution in [0.1, 0.15) is 17.2 Å². The van der Waals surface area contributed by atoms with Gasteiger partial charge in [0.1, 0.15) is 18.5 Å². The molecule has 0 radical (unpaired) electrons. The molecule has 0 aromatic heterocycles. The molecular weight excluding hydrogens is 269 g/mol. The molecular formula is C15H13F3O2. The Morgan fingerprint density at radius 3 is 2.10 bits per heavy atom. The highest BCUT2D eigenvalue weighted by Crippen LogP contribution is 2.30. The van der Waals surface area contributed by atoms with Gasteiger partial charge < -0.3 is 9.84 Å². The summed E-state index contributed by atoms with van der Waals surface area (Å²) >= 11 is 0. The van der Waals surface area contributed by atoms with E-state index in [1.165, 1.54) is 12.1 Å². The number of hydrogen-bond acceptors (Lipinski definition) is 2. The molecule has 0 spiro atoms. The standard InChI is InChI=1S/C15H13F3O2/c16-15(17,18)12-8-6-11(7-9-12)14(19)10-20-13-4-2-1-3-5-13/h1-9,14,19H,10H2. The second kappa shape index (κ2) is 5.96. The maximum absolute atomic E-state index is 12.4. The summed E-state index contributed by atoms with van der Waals surface area (Å²) < 4.78 is 42.6. The smallest absolute Gasteiger partial charge is 0.416 e. The van der Waals surface area contributed by atoms with E-state index in [0.717, 1.165) is 12.1 Å². The first kappa shape index (κ1) is 14.4. The normalized spacial score (nSPS) is 13.0. The molecule has 20 heavy (non-hydrogen) atoms. The van der Waals surface area contributed by atoms with Crippen LogP contribution < -0.4 is 4.74 Å². The number of para-hydroxylation sites is 1. The molecule has 0 aliphatic carbocycles. The number of alkyl halides is 3. The number of ether oxygens (including phenoxy) is 1. The average Bonchev–Trinajstić information content (AvgIpc) is 2.45. The molecule has 0 heterocycles. The predicted molar refractivity (Wildman–Crippen MR) is 68.3 cm³/mol. The first-order valence-electron chi connectivity index (χ1n) is 6.00. The van der Waals surface area contributed by atoms with E-state index >= 15 is 0 Å². The Morgan fingerprint density at radius 1 is 0.950 bits per heavy atom. The van der Waals surface area contributed by atoms with Gasteiger partial charge in [-0.3, -0.25) is 0 Å². The van der Waals surface area contributed by atoms with E-state index < -0.39 is 17.8 Å². The van der Waals surface area contributed by atoms with Gasteiger partial charge in [-0.25, -0.2) is 0 Å². The van der Waals surface area contributed by atoms with Crippen LogP contribution in [-0.4, -0.2) is 11.7 Å². The van der Waals surface area contributed by atoms with Gasteiger partial charge in [0, 0.05) is 0 Å². The third-order valence-electron chi connectivity index (χ3n) is 2.77. The molecule has 1 unspecified atom stereocenters. The van der Waals surface area contributed by atoms with Gasteiger partial charge in [0.05, 0.1) is 5.56 Å². The summed E-state index contributed by atoms with van der Waals surface area (Å²) in [5, 5.41) is 9.87. The van der Waals surface area contributed by atoms with Gasteiger partial charge in [0.15, 0.2) is 0 Å². The van der Waals surface area contributed by atoms with Crippen molar-refractivity contribution in [3.63, 3.8) is 0 Å². The quantitative estimate of drug-likeness (QED) is 0.923. The minimum atomic E-state index is -4.37. The van der Waals surface area contributed by atoms with Gasteiger partial charge in [0.25, 0.3) is 0 Å². The van der Waals surface area contributed by atoms with Crippen molar-refractivity contribution in [2.24, 2.45) is 0 Å². The van der Waals surface area contributed by atoms with Gasteiger partial charge in [0.2, 0.25) is 0 Å². The maximum atomic E-state index is 12.4. The van der Waals surface area contributed by atoms with Crippen LogP contribution in [0.5, 0.6) is 5.75 Å². The van der Waals surface area contributed by atoms with E-state index in [1.54, 1.807) is 24.3 Å². The summed E-state index contributed by atoms with van der Waals surface area (Å²) in [5.74, 6) is 0.596. The van der Waals surface area contributed by atoms with Crippen LogP contribution in [-0.2, 0) is 6.18 Å².